The number of hydrogen-bond donors (Lipinski definition) is 0. The quantitative estimate of drug-likeness (QED) is 0.455. The van der Waals surface area contributed by atoms with E-state index >= 15 is 0 Å². The van der Waals surface area contributed by atoms with E-state index in [1.54, 1.807) is 26.0 Å². The van der Waals surface area contributed by atoms with Crippen LogP contribution < -0.4 is 0 Å². The number of esters is 1. The zero-order valence-electron chi connectivity index (χ0n) is 12.1. The van der Waals surface area contributed by atoms with Gasteiger partial charge in [-0.2, -0.15) is 0 Å². The Labute approximate surface area is 122 Å². The van der Waals surface area contributed by atoms with E-state index in [1.165, 1.54) is 11.8 Å². The molecule has 0 aromatic heterocycles. The summed E-state index contributed by atoms with van der Waals surface area (Å²) >= 11 is 1.36. The smallest absolute Gasteiger partial charge is 0.318 e. The molecular weight excluding hydrogens is 278 g/mol. The molecule has 0 saturated heterocycles. The first kappa shape index (κ1) is 16.5. The van der Waals surface area contributed by atoms with Crippen LogP contribution in [0.4, 0.5) is 5.69 Å². The van der Waals surface area contributed by atoms with Crippen LogP contribution in [0.1, 0.15) is 37.1 Å². The van der Waals surface area contributed by atoms with Gasteiger partial charge in [-0.05, 0) is 33.3 Å². The molecular formula is C14H19NO4S. The minimum atomic E-state index is -0.381. The van der Waals surface area contributed by atoms with Crippen molar-refractivity contribution in [3.8, 4) is 0 Å². The summed E-state index contributed by atoms with van der Waals surface area (Å²) in [6.07, 6.45) is 0. The van der Waals surface area contributed by atoms with Gasteiger partial charge < -0.3 is 4.74 Å². The Morgan fingerprint density at radius 2 is 2.10 bits per heavy atom. The van der Waals surface area contributed by atoms with E-state index in [0.29, 0.717) is 12.2 Å². The molecule has 0 spiro atoms. The number of nitrogens with zero attached hydrogens (tertiary/aromatic N) is 1. The summed E-state index contributed by atoms with van der Waals surface area (Å²) in [7, 11) is 0. The monoisotopic (exact) mass is 297 g/mol. The van der Waals surface area contributed by atoms with Crippen LogP contribution >= 0.6 is 11.8 Å². The Morgan fingerprint density at radius 1 is 1.45 bits per heavy atom. The van der Waals surface area contributed by atoms with Gasteiger partial charge >= 0.3 is 5.97 Å². The molecule has 0 saturated carbocycles. The number of ether oxygens (including phenoxy) is 1. The lowest BCUT2D eigenvalue weighted by molar-refractivity contribution is -0.385. The normalized spacial score (nSPS) is 13.6. The summed E-state index contributed by atoms with van der Waals surface area (Å²) < 4.78 is 4.94. The maximum Gasteiger partial charge on any atom is 0.318 e. The van der Waals surface area contributed by atoms with Crippen LogP contribution in [-0.2, 0) is 9.53 Å². The van der Waals surface area contributed by atoms with Gasteiger partial charge in [0.25, 0.3) is 5.69 Å². The molecule has 0 aliphatic heterocycles. The highest BCUT2D eigenvalue weighted by atomic mass is 32.2. The second-order valence-corrected chi connectivity index (χ2v) is 6.18. The predicted octanol–water partition coefficient (Wildman–Crippen LogP) is 3.65. The number of thioether (sulfide) groups is 1. The molecule has 0 aliphatic carbocycles. The van der Waals surface area contributed by atoms with Crippen molar-refractivity contribution < 1.29 is 14.5 Å². The van der Waals surface area contributed by atoms with E-state index < -0.39 is 0 Å². The van der Waals surface area contributed by atoms with E-state index in [0.717, 1.165) is 5.56 Å². The van der Waals surface area contributed by atoms with Gasteiger partial charge in [0.1, 0.15) is 5.25 Å². The number of hydrogen-bond acceptors (Lipinski definition) is 5. The number of rotatable bonds is 6. The number of benzene rings is 1. The maximum atomic E-state index is 11.6. The fourth-order valence-corrected chi connectivity index (χ4v) is 2.99. The van der Waals surface area contributed by atoms with Crippen molar-refractivity contribution in [2.45, 2.75) is 38.2 Å². The van der Waals surface area contributed by atoms with Crippen LogP contribution in [0.3, 0.4) is 0 Å². The van der Waals surface area contributed by atoms with Gasteiger partial charge in [0.05, 0.1) is 11.5 Å². The van der Waals surface area contributed by atoms with E-state index in [4.69, 9.17) is 4.74 Å². The molecule has 5 nitrogen and oxygen atoms in total. The number of nitro groups is 1. The van der Waals surface area contributed by atoms with Crippen molar-refractivity contribution in [2.75, 3.05) is 6.61 Å². The number of aryl methyl sites for hydroxylation is 1. The number of carbonyl (C=O) groups is 1. The predicted molar refractivity (Wildman–Crippen MR) is 79.9 cm³/mol. The lowest BCUT2D eigenvalue weighted by atomic mass is 10.1. The molecule has 6 heteroatoms. The minimum absolute atomic E-state index is 0.0982. The van der Waals surface area contributed by atoms with Crippen LogP contribution in [0, 0.1) is 17.0 Å². The SMILES string of the molecule is CCOC(=O)C(C)SC(C)c1ccc(C)cc1[N+](=O)[O-]. The van der Waals surface area contributed by atoms with Gasteiger partial charge in [0.2, 0.25) is 0 Å². The molecule has 2 atom stereocenters. The summed E-state index contributed by atoms with van der Waals surface area (Å²) in [6.45, 7) is 7.51. The van der Waals surface area contributed by atoms with E-state index in [2.05, 4.69) is 0 Å². The second kappa shape index (κ2) is 7.28. The minimum Gasteiger partial charge on any atom is -0.465 e. The van der Waals surface area contributed by atoms with E-state index in [-0.39, 0.29) is 27.1 Å². The van der Waals surface area contributed by atoms with Crippen molar-refractivity contribution in [2.24, 2.45) is 0 Å². The molecule has 0 heterocycles. The Kier molecular flexibility index (Phi) is 6.01. The molecule has 0 radical (unpaired) electrons. The summed E-state index contributed by atoms with van der Waals surface area (Å²) in [5, 5.41) is 10.6. The third-order valence-corrected chi connectivity index (χ3v) is 4.11. The topological polar surface area (TPSA) is 69.4 Å². The van der Waals surface area contributed by atoms with Crippen molar-refractivity contribution in [3.05, 3.63) is 39.4 Å². The molecule has 1 rings (SSSR count). The van der Waals surface area contributed by atoms with E-state index in [9.17, 15) is 14.9 Å². The largest absolute Gasteiger partial charge is 0.465 e. The molecule has 110 valence electrons. The molecule has 20 heavy (non-hydrogen) atoms. The first-order chi connectivity index (χ1) is 9.36. The molecule has 0 fully saturated rings. The molecule has 2 unspecified atom stereocenters. The second-order valence-electron chi connectivity index (χ2n) is 4.49. The van der Waals surface area contributed by atoms with Gasteiger partial charge in [-0.3, -0.25) is 14.9 Å². The standard InChI is InChI=1S/C14H19NO4S/c1-5-19-14(16)11(4)20-10(3)12-7-6-9(2)8-13(12)15(17)18/h6-8,10-11H,5H2,1-4H3. The van der Waals surface area contributed by atoms with Gasteiger partial charge in [-0.15, -0.1) is 11.8 Å². The Hall–Kier alpha value is -1.56. The van der Waals surface area contributed by atoms with Gasteiger partial charge in [-0.25, -0.2) is 0 Å². The van der Waals surface area contributed by atoms with Crippen molar-refractivity contribution in [3.63, 3.8) is 0 Å². The Bertz CT molecular complexity index is 504. The van der Waals surface area contributed by atoms with Gasteiger partial charge in [-0.1, -0.05) is 12.1 Å². The van der Waals surface area contributed by atoms with Crippen molar-refractivity contribution >= 4 is 23.4 Å². The lowest BCUT2D eigenvalue weighted by Gasteiger charge is -2.16. The van der Waals surface area contributed by atoms with Gasteiger partial charge in [0.15, 0.2) is 0 Å². The molecule has 1 aromatic carbocycles. The highest BCUT2D eigenvalue weighted by Gasteiger charge is 2.24. The molecule has 0 amide bonds. The van der Waals surface area contributed by atoms with Gasteiger partial charge in [0, 0.05) is 16.9 Å². The number of nitro benzene ring substituents is 1. The van der Waals surface area contributed by atoms with Crippen LogP contribution in [0.15, 0.2) is 18.2 Å². The zero-order valence-corrected chi connectivity index (χ0v) is 12.9. The number of carbonyl (C=O) groups excluding carboxylic acids is 1. The average Bonchev–Trinajstić information content (AvgIpc) is 2.38. The van der Waals surface area contributed by atoms with E-state index in [1.807, 2.05) is 19.9 Å². The van der Waals surface area contributed by atoms with Crippen LogP contribution in [0.5, 0.6) is 0 Å². The van der Waals surface area contributed by atoms with Crippen LogP contribution in [0.25, 0.3) is 0 Å². The highest BCUT2D eigenvalue weighted by molar-refractivity contribution is 8.00. The molecule has 0 aliphatic rings. The fraction of sp³-hybridized carbons (Fsp3) is 0.500. The van der Waals surface area contributed by atoms with Crippen molar-refractivity contribution in [1.29, 1.82) is 0 Å². The zero-order chi connectivity index (χ0) is 15.3. The highest BCUT2D eigenvalue weighted by Crippen LogP contribution is 2.37. The molecule has 1 aromatic rings. The maximum absolute atomic E-state index is 11.6. The van der Waals surface area contributed by atoms with Crippen LogP contribution in [-0.4, -0.2) is 22.7 Å². The Morgan fingerprint density at radius 3 is 2.65 bits per heavy atom. The summed E-state index contributed by atoms with van der Waals surface area (Å²) in [4.78, 5) is 22.3. The molecule has 0 bridgehead atoms. The third kappa shape index (κ3) is 4.23. The summed E-state index contributed by atoms with van der Waals surface area (Å²) in [6, 6.07) is 5.15. The first-order valence-electron chi connectivity index (χ1n) is 6.43. The third-order valence-electron chi connectivity index (χ3n) is 2.85. The summed E-state index contributed by atoms with van der Waals surface area (Å²) in [5.41, 5.74) is 1.57. The van der Waals surface area contributed by atoms with Crippen LogP contribution in [0.2, 0.25) is 0 Å². The average molecular weight is 297 g/mol. The van der Waals surface area contributed by atoms with Crippen molar-refractivity contribution in [1.82, 2.24) is 0 Å². The first-order valence-corrected chi connectivity index (χ1v) is 7.38. The lowest BCUT2D eigenvalue weighted by Crippen LogP contribution is -2.18. The Balaban J connectivity index is 2.89. The fourth-order valence-electron chi connectivity index (χ4n) is 1.85. The summed E-state index contributed by atoms with van der Waals surface area (Å²) in [5.74, 6) is -0.292. The molecule has 0 N–H and O–H groups in total.